The maximum absolute atomic E-state index is 13.5. The van der Waals surface area contributed by atoms with E-state index < -0.39 is 35.9 Å². The van der Waals surface area contributed by atoms with Crippen molar-refractivity contribution in [1.29, 1.82) is 0 Å². The molecule has 0 aliphatic carbocycles. The number of ether oxygens (including phenoxy) is 1. The summed E-state index contributed by atoms with van der Waals surface area (Å²) in [7, 11) is 0. The molecular weight excluding hydrogens is 497 g/mol. The van der Waals surface area contributed by atoms with Crippen LogP contribution in [0.25, 0.3) is 0 Å². The summed E-state index contributed by atoms with van der Waals surface area (Å²) < 4.78 is 43.8. The highest BCUT2D eigenvalue weighted by molar-refractivity contribution is 7.78. The Morgan fingerprint density at radius 3 is 2.61 bits per heavy atom. The monoisotopic (exact) mass is 512 g/mol. The van der Waals surface area contributed by atoms with Gasteiger partial charge < -0.3 is 4.74 Å². The van der Waals surface area contributed by atoms with E-state index in [0.717, 1.165) is 4.31 Å². The zero-order chi connectivity index (χ0) is 23.8. The molecule has 5 nitrogen and oxygen atoms in total. The van der Waals surface area contributed by atoms with Crippen LogP contribution in [0, 0.1) is 0 Å². The number of thiol groups is 1. The number of alkyl halides is 3. The number of piperidine rings is 1. The zero-order valence-corrected chi connectivity index (χ0v) is 19.2. The molecule has 1 saturated heterocycles. The van der Waals surface area contributed by atoms with Crippen LogP contribution >= 0.6 is 35.8 Å². The highest BCUT2D eigenvalue weighted by Crippen LogP contribution is 2.48. The number of pyridine rings is 1. The number of hydrogen-bond acceptors (Lipinski definition) is 6. The van der Waals surface area contributed by atoms with Gasteiger partial charge in [-0.25, -0.2) is 4.98 Å². The molecule has 172 valence electrons. The van der Waals surface area contributed by atoms with Crippen molar-refractivity contribution in [3.63, 3.8) is 0 Å². The van der Waals surface area contributed by atoms with E-state index in [1.54, 1.807) is 41.1 Å². The number of hydrogen-bond donors (Lipinski definition) is 1. The van der Waals surface area contributed by atoms with Gasteiger partial charge in [-0.2, -0.15) is 24.5 Å². The van der Waals surface area contributed by atoms with Crippen molar-refractivity contribution in [3.8, 4) is 5.88 Å². The van der Waals surface area contributed by atoms with E-state index in [2.05, 4.69) is 17.8 Å². The van der Waals surface area contributed by atoms with Crippen LogP contribution in [-0.4, -0.2) is 33.8 Å². The second kappa shape index (κ2) is 9.00. The van der Waals surface area contributed by atoms with Gasteiger partial charge in [0.15, 0.2) is 12.4 Å². The minimum atomic E-state index is -4.54. The molecule has 1 fully saturated rings. The number of halogens is 4. The average molecular weight is 513 g/mol. The third-order valence-corrected chi connectivity index (χ3v) is 6.88. The van der Waals surface area contributed by atoms with Gasteiger partial charge >= 0.3 is 6.18 Å². The number of benzene rings is 1. The predicted molar refractivity (Wildman–Crippen MR) is 121 cm³/mol. The predicted octanol–water partition coefficient (Wildman–Crippen LogP) is 5.41. The van der Waals surface area contributed by atoms with Crippen LogP contribution in [0.15, 0.2) is 59.3 Å². The number of aromatic nitrogens is 1. The smallest absolute Gasteiger partial charge is 0.422 e. The van der Waals surface area contributed by atoms with Gasteiger partial charge in [0.1, 0.15) is 11.5 Å². The molecule has 11 heteroatoms. The fourth-order valence-corrected chi connectivity index (χ4v) is 5.22. The molecule has 4 rings (SSSR count). The SMILES string of the molecule is O=C1CC(c2ccsc2)(c2cccc(OCC(F)(F)F)n2)N(S)C(=O)C1c1ccccc1Cl. The van der Waals surface area contributed by atoms with E-state index in [4.69, 9.17) is 16.3 Å². The molecule has 2 unspecified atom stereocenters. The fraction of sp³-hybridized carbons (Fsp3) is 0.227. The Morgan fingerprint density at radius 1 is 1.18 bits per heavy atom. The number of ketones is 1. The maximum Gasteiger partial charge on any atom is 0.422 e. The largest absolute Gasteiger partial charge is 0.468 e. The summed E-state index contributed by atoms with van der Waals surface area (Å²) in [6, 6.07) is 12.5. The molecule has 33 heavy (non-hydrogen) atoms. The Morgan fingerprint density at radius 2 is 1.94 bits per heavy atom. The molecule has 0 saturated carbocycles. The van der Waals surface area contributed by atoms with Gasteiger partial charge in [-0.3, -0.25) is 13.9 Å². The Hall–Kier alpha value is -2.56. The first-order valence-electron chi connectivity index (χ1n) is 9.63. The van der Waals surface area contributed by atoms with E-state index in [0.29, 0.717) is 11.1 Å². The first-order valence-corrected chi connectivity index (χ1v) is 11.4. The topological polar surface area (TPSA) is 59.5 Å². The molecule has 3 heterocycles. The van der Waals surface area contributed by atoms with Gasteiger partial charge in [0, 0.05) is 17.5 Å². The maximum atomic E-state index is 13.5. The van der Waals surface area contributed by atoms with Crippen molar-refractivity contribution in [2.75, 3.05) is 6.61 Å². The molecule has 3 aromatic rings. The molecule has 1 aromatic carbocycles. The minimum Gasteiger partial charge on any atom is -0.468 e. The first kappa shape index (κ1) is 23.6. The van der Waals surface area contributed by atoms with Crippen LogP contribution in [-0.2, 0) is 15.1 Å². The lowest BCUT2D eigenvalue weighted by Crippen LogP contribution is -2.54. The lowest BCUT2D eigenvalue weighted by atomic mass is 9.75. The van der Waals surface area contributed by atoms with Gasteiger partial charge in [-0.1, -0.05) is 48.7 Å². The molecule has 0 N–H and O–H groups in total. The van der Waals surface area contributed by atoms with Crippen molar-refractivity contribution in [2.24, 2.45) is 0 Å². The van der Waals surface area contributed by atoms with Crippen molar-refractivity contribution < 1.29 is 27.5 Å². The number of carbonyl (C=O) groups is 2. The zero-order valence-electron chi connectivity index (χ0n) is 16.8. The molecule has 2 atom stereocenters. The number of Topliss-reactive ketones (excluding diaryl/α,β-unsaturated/α-hetero) is 1. The molecule has 0 bridgehead atoms. The van der Waals surface area contributed by atoms with Gasteiger partial charge in [-0.15, -0.1) is 0 Å². The van der Waals surface area contributed by atoms with Crippen LogP contribution in [0.1, 0.15) is 29.2 Å². The summed E-state index contributed by atoms with van der Waals surface area (Å²) in [5.74, 6) is -2.47. The van der Waals surface area contributed by atoms with Crippen LogP contribution in [0.2, 0.25) is 5.02 Å². The third kappa shape index (κ3) is 4.47. The van der Waals surface area contributed by atoms with Crippen molar-refractivity contribution >= 4 is 47.4 Å². The molecular formula is C22H16ClF3N2O3S2. The Balaban J connectivity index is 1.79. The van der Waals surface area contributed by atoms with Crippen LogP contribution < -0.4 is 4.74 Å². The standard InChI is InChI=1S/C22H16ClF3N2O3S2/c23-15-5-2-1-4-14(15)19-16(29)10-21(28(32)20(19)30,13-8-9-33-11-13)17-6-3-7-18(27-17)31-12-22(24,25)26/h1-9,11,19,32H,10,12H2. The van der Waals surface area contributed by atoms with Crippen LogP contribution in [0.3, 0.4) is 0 Å². The van der Waals surface area contributed by atoms with Gasteiger partial charge in [0.2, 0.25) is 11.8 Å². The van der Waals surface area contributed by atoms with Crippen molar-refractivity contribution in [3.05, 3.63) is 81.1 Å². The van der Waals surface area contributed by atoms with E-state index in [9.17, 15) is 22.8 Å². The highest BCUT2D eigenvalue weighted by atomic mass is 35.5. The summed E-state index contributed by atoms with van der Waals surface area (Å²) in [5, 5.41) is 3.78. The summed E-state index contributed by atoms with van der Waals surface area (Å²) in [6.45, 7) is -1.52. The number of carbonyl (C=O) groups excluding carboxylic acids is 2. The number of rotatable bonds is 5. The van der Waals surface area contributed by atoms with Gasteiger partial charge in [-0.05, 0) is 40.1 Å². The Bertz CT molecular complexity index is 1190. The summed E-state index contributed by atoms with van der Waals surface area (Å²) in [4.78, 5) is 31.1. The van der Waals surface area contributed by atoms with Crippen molar-refractivity contribution in [2.45, 2.75) is 24.1 Å². The lowest BCUT2D eigenvalue weighted by molar-refractivity contribution is -0.154. The second-order valence-electron chi connectivity index (χ2n) is 7.38. The number of nitrogens with zero attached hydrogens (tertiary/aromatic N) is 2. The normalized spacial score (nSPS) is 21.4. The molecule has 1 aliphatic heterocycles. The molecule has 0 radical (unpaired) electrons. The van der Waals surface area contributed by atoms with E-state index in [1.165, 1.54) is 29.5 Å². The lowest BCUT2D eigenvalue weighted by Gasteiger charge is -2.45. The summed E-state index contributed by atoms with van der Waals surface area (Å²) in [6.07, 6.45) is -4.75. The number of amides is 1. The fourth-order valence-electron chi connectivity index (χ4n) is 3.85. The average Bonchev–Trinajstić information content (AvgIpc) is 3.31. The molecule has 1 amide bonds. The summed E-state index contributed by atoms with van der Waals surface area (Å²) >= 11 is 12.1. The van der Waals surface area contributed by atoms with Crippen LogP contribution in [0.5, 0.6) is 5.88 Å². The molecule has 0 spiro atoms. The summed E-state index contributed by atoms with van der Waals surface area (Å²) in [5.41, 5.74) is -0.355. The highest BCUT2D eigenvalue weighted by Gasteiger charge is 2.53. The van der Waals surface area contributed by atoms with E-state index in [1.807, 2.05) is 0 Å². The van der Waals surface area contributed by atoms with Crippen LogP contribution in [0.4, 0.5) is 13.2 Å². The van der Waals surface area contributed by atoms with E-state index in [-0.39, 0.29) is 23.0 Å². The molecule has 1 aliphatic rings. The second-order valence-corrected chi connectivity index (χ2v) is 8.97. The third-order valence-electron chi connectivity index (χ3n) is 5.32. The Labute approximate surface area is 201 Å². The Kier molecular flexibility index (Phi) is 6.43. The minimum absolute atomic E-state index is 0.162. The van der Waals surface area contributed by atoms with E-state index >= 15 is 0 Å². The van der Waals surface area contributed by atoms with Gasteiger partial charge in [0.05, 0.1) is 5.69 Å². The first-order chi connectivity index (χ1) is 15.6. The quantitative estimate of drug-likeness (QED) is 0.367. The molecule has 2 aromatic heterocycles. The number of thiophene rings is 1. The van der Waals surface area contributed by atoms with Crippen molar-refractivity contribution in [1.82, 2.24) is 9.29 Å². The van der Waals surface area contributed by atoms with Gasteiger partial charge in [0.25, 0.3) is 0 Å².